The summed E-state index contributed by atoms with van der Waals surface area (Å²) in [5, 5.41) is 3.31. The lowest BCUT2D eigenvalue weighted by Crippen LogP contribution is -3.11. The standard InChI is InChI=1S/C12H19F3N4O4/c1-18(7-10(21)19-2-4-23-5-3-19)6-9(20)17-11(22)16-8-12(13,14)15/h2-8H2,1H3,(H2,16,17,20,22)/p+1. The maximum absolute atomic E-state index is 11.9. The van der Waals surface area contributed by atoms with E-state index in [9.17, 15) is 27.6 Å². The number of alkyl halides is 3. The Labute approximate surface area is 130 Å². The summed E-state index contributed by atoms with van der Waals surface area (Å²) < 4.78 is 40.8. The van der Waals surface area contributed by atoms with Gasteiger partial charge in [-0.05, 0) is 0 Å². The average molecular weight is 341 g/mol. The van der Waals surface area contributed by atoms with Crippen molar-refractivity contribution in [3.05, 3.63) is 0 Å². The maximum Gasteiger partial charge on any atom is 0.405 e. The fourth-order valence-electron chi connectivity index (χ4n) is 1.91. The number of nitrogens with zero attached hydrogens (tertiary/aromatic N) is 1. The molecule has 0 aliphatic carbocycles. The summed E-state index contributed by atoms with van der Waals surface area (Å²) in [4.78, 5) is 36.7. The van der Waals surface area contributed by atoms with Crippen LogP contribution in [0.2, 0.25) is 0 Å². The number of halogens is 3. The Morgan fingerprint density at radius 1 is 1.17 bits per heavy atom. The van der Waals surface area contributed by atoms with Crippen molar-refractivity contribution >= 4 is 17.8 Å². The molecule has 1 atom stereocenters. The molecule has 11 heteroatoms. The molecule has 4 amide bonds. The second kappa shape index (κ2) is 8.67. The molecule has 23 heavy (non-hydrogen) atoms. The number of nitrogens with one attached hydrogen (secondary N) is 3. The van der Waals surface area contributed by atoms with Crippen LogP contribution in [-0.4, -0.2) is 81.9 Å². The highest BCUT2D eigenvalue weighted by atomic mass is 19.4. The number of rotatable bonds is 5. The SMILES string of the molecule is C[NH+](CC(=O)NC(=O)NCC(F)(F)F)CC(=O)N1CCOCC1. The van der Waals surface area contributed by atoms with Crippen LogP contribution in [0.5, 0.6) is 0 Å². The molecule has 3 N–H and O–H groups in total. The highest BCUT2D eigenvalue weighted by molar-refractivity contribution is 5.94. The molecule has 1 saturated heterocycles. The Balaban J connectivity index is 2.27. The summed E-state index contributed by atoms with van der Waals surface area (Å²) in [6.45, 7) is 0.197. The number of hydrogen-bond acceptors (Lipinski definition) is 4. The van der Waals surface area contributed by atoms with Gasteiger partial charge in [-0.3, -0.25) is 14.9 Å². The molecule has 1 heterocycles. The predicted molar refractivity (Wildman–Crippen MR) is 71.6 cm³/mol. The van der Waals surface area contributed by atoms with Crippen molar-refractivity contribution in [1.29, 1.82) is 0 Å². The van der Waals surface area contributed by atoms with Crippen LogP contribution in [0.15, 0.2) is 0 Å². The maximum atomic E-state index is 11.9. The summed E-state index contributed by atoms with van der Waals surface area (Å²) in [5.41, 5.74) is 0. The van der Waals surface area contributed by atoms with Crippen LogP contribution >= 0.6 is 0 Å². The molecule has 1 aliphatic heterocycles. The van der Waals surface area contributed by atoms with Crippen molar-refractivity contribution < 1.29 is 37.2 Å². The Morgan fingerprint density at radius 2 is 1.78 bits per heavy atom. The Hall–Kier alpha value is -1.88. The van der Waals surface area contributed by atoms with Gasteiger partial charge in [0.25, 0.3) is 11.8 Å². The van der Waals surface area contributed by atoms with Crippen molar-refractivity contribution in [2.24, 2.45) is 0 Å². The van der Waals surface area contributed by atoms with E-state index >= 15 is 0 Å². The van der Waals surface area contributed by atoms with E-state index < -0.39 is 24.7 Å². The van der Waals surface area contributed by atoms with Gasteiger partial charge in [0.1, 0.15) is 6.54 Å². The van der Waals surface area contributed by atoms with E-state index in [1.54, 1.807) is 17.3 Å². The number of urea groups is 1. The summed E-state index contributed by atoms with van der Waals surface area (Å²) in [5.74, 6) is -0.919. The summed E-state index contributed by atoms with van der Waals surface area (Å²) >= 11 is 0. The zero-order valence-electron chi connectivity index (χ0n) is 12.7. The number of carbonyl (C=O) groups is 3. The molecule has 0 aromatic carbocycles. The molecule has 8 nitrogen and oxygen atoms in total. The molecule has 1 aliphatic rings. The number of likely N-dealkylation sites (N-methyl/N-ethyl adjacent to an activating group) is 1. The normalized spacial score (nSPS) is 16.6. The van der Waals surface area contributed by atoms with E-state index in [2.05, 4.69) is 0 Å². The second-order valence-corrected chi connectivity index (χ2v) is 5.15. The first kappa shape index (κ1) is 19.2. The fraction of sp³-hybridized carbons (Fsp3) is 0.750. The van der Waals surface area contributed by atoms with Gasteiger partial charge in [-0.2, -0.15) is 13.2 Å². The van der Waals surface area contributed by atoms with E-state index in [4.69, 9.17) is 4.74 Å². The lowest BCUT2D eigenvalue weighted by atomic mass is 10.3. The monoisotopic (exact) mass is 341 g/mol. The van der Waals surface area contributed by atoms with Crippen molar-refractivity contribution in [1.82, 2.24) is 15.5 Å². The fourth-order valence-corrected chi connectivity index (χ4v) is 1.91. The van der Waals surface area contributed by atoms with Gasteiger partial charge in [-0.1, -0.05) is 0 Å². The van der Waals surface area contributed by atoms with Gasteiger partial charge in [0.15, 0.2) is 13.1 Å². The number of morpholine rings is 1. The van der Waals surface area contributed by atoms with Gasteiger partial charge >= 0.3 is 12.2 Å². The van der Waals surface area contributed by atoms with Crippen LogP contribution in [0.4, 0.5) is 18.0 Å². The van der Waals surface area contributed by atoms with Gasteiger partial charge in [0, 0.05) is 13.1 Å². The van der Waals surface area contributed by atoms with Crippen LogP contribution in [0, 0.1) is 0 Å². The van der Waals surface area contributed by atoms with Gasteiger partial charge in [-0.15, -0.1) is 0 Å². The minimum atomic E-state index is -4.55. The van der Waals surface area contributed by atoms with Crippen molar-refractivity contribution in [3.63, 3.8) is 0 Å². The molecule has 1 unspecified atom stereocenters. The van der Waals surface area contributed by atoms with E-state index in [0.29, 0.717) is 31.2 Å². The smallest absolute Gasteiger partial charge is 0.378 e. The van der Waals surface area contributed by atoms with Crippen molar-refractivity contribution in [2.45, 2.75) is 6.18 Å². The Bertz CT molecular complexity index is 439. The number of imide groups is 1. The van der Waals surface area contributed by atoms with Crippen LogP contribution in [0.25, 0.3) is 0 Å². The number of quaternary nitrogens is 1. The zero-order valence-corrected chi connectivity index (χ0v) is 12.7. The topological polar surface area (TPSA) is 92.2 Å². The molecule has 132 valence electrons. The molecule has 0 aromatic rings. The van der Waals surface area contributed by atoms with E-state index in [0.717, 1.165) is 0 Å². The van der Waals surface area contributed by atoms with Gasteiger partial charge < -0.3 is 19.9 Å². The molecular weight excluding hydrogens is 321 g/mol. The summed E-state index contributed by atoms with van der Waals surface area (Å²) in [6.07, 6.45) is -4.55. The lowest BCUT2D eigenvalue weighted by molar-refractivity contribution is -0.862. The Kier molecular flexibility index (Phi) is 7.23. The minimum absolute atomic E-state index is 0.0393. The molecule has 0 radical (unpaired) electrons. The largest absolute Gasteiger partial charge is 0.405 e. The van der Waals surface area contributed by atoms with Crippen molar-refractivity contribution in [3.8, 4) is 0 Å². The third-order valence-electron chi connectivity index (χ3n) is 2.98. The molecule has 1 rings (SSSR count). The van der Waals surface area contributed by atoms with Crippen LogP contribution in [0.1, 0.15) is 0 Å². The number of hydrogen-bond donors (Lipinski definition) is 3. The second-order valence-electron chi connectivity index (χ2n) is 5.15. The first-order valence-corrected chi connectivity index (χ1v) is 6.98. The van der Waals surface area contributed by atoms with E-state index in [1.807, 2.05) is 0 Å². The number of amides is 4. The first-order valence-electron chi connectivity index (χ1n) is 6.98. The molecule has 0 aromatic heterocycles. The Morgan fingerprint density at radius 3 is 2.35 bits per heavy atom. The van der Waals surface area contributed by atoms with Crippen LogP contribution < -0.4 is 15.5 Å². The lowest BCUT2D eigenvalue weighted by Gasteiger charge is -2.27. The molecular formula is C12H20F3N4O4+. The van der Waals surface area contributed by atoms with Gasteiger partial charge in [0.05, 0.1) is 20.3 Å². The third kappa shape index (κ3) is 8.35. The molecule has 0 saturated carbocycles. The number of carbonyl (C=O) groups excluding carboxylic acids is 3. The quantitative estimate of drug-likeness (QED) is 0.527. The minimum Gasteiger partial charge on any atom is -0.378 e. The van der Waals surface area contributed by atoms with Crippen LogP contribution in [0.3, 0.4) is 0 Å². The summed E-state index contributed by atoms with van der Waals surface area (Å²) in [7, 11) is 1.57. The van der Waals surface area contributed by atoms with Crippen LogP contribution in [-0.2, 0) is 14.3 Å². The summed E-state index contributed by atoms with van der Waals surface area (Å²) in [6, 6.07) is -1.22. The highest BCUT2D eigenvalue weighted by Gasteiger charge is 2.28. The highest BCUT2D eigenvalue weighted by Crippen LogP contribution is 2.11. The average Bonchev–Trinajstić information content (AvgIpc) is 2.45. The van der Waals surface area contributed by atoms with Gasteiger partial charge in [0.2, 0.25) is 0 Å². The molecule has 0 spiro atoms. The predicted octanol–water partition coefficient (Wildman–Crippen LogP) is -2.25. The first-order chi connectivity index (χ1) is 10.7. The molecule has 0 bridgehead atoms. The van der Waals surface area contributed by atoms with E-state index in [-0.39, 0.29) is 19.0 Å². The number of ether oxygens (including phenoxy) is 1. The van der Waals surface area contributed by atoms with Crippen molar-refractivity contribution in [2.75, 3.05) is 53.0 Å². The third-order valence-corrected chi connectivity index (χ3v) is 2.98. The van der Waals surface area contributed by atoms with E-state index in [1.165, 1.54) is 5.32 Å². The van der Waals surface area contributed by atoms with Gasteiger partial charge in [-0.25, -0.2) is 4.79 Å². The molecule has 1 fully saturated rings. The zero-order chi connectivity index (χ0) is 17.5.